The van der Waals surface area contributed by atoms with Gasteiger partial charge in [-0.1, -0.05) is 23.7 Å². The average Bonchev–Trinajstić information content (AvgIpc) is 2.89. The van der Waals surface area contributed by atoms with Gasteiger partial charge in [0, 0.05) is 18.2 Å². The van der Waals surface area contributed by atoms with Crippen LogP contribution < -0.4 is 4.90 Å². The molecule has 3 rings (SSSR count). The third-order valence-electron chi connectivity index (χ3n) is 4.17. The smallest absolute Gasteiger partial charge is 0.150 e. The van der Waals surface area contributed by atoms with Crippen molar-refractivity contribution in [3.63, 3.8) is 0 Å². The SMILES string of the molecule is N#Cc1ccc(CC2C(O)=CC(O)N2c2ccc(C#N)c(Cl)c2)cc1. The molecule has 1 heterocycles. The summed E-state index contributed by atoms with van der Waals surface area (Å²) in [5.41, 5.74) is 2.43. The second-order valence-corrected chi connectivity index (χ2v) is 6.12. The Morgan fingerprint density at radius 2 is 1.80 bits per heavy atom. The molecule has 5 nitrogen and oxygen atoms in total. The molecular weight excluding hydrogens is 338 g/mol. The third kappa shape index (κ3) is 3.29. The summed E-state index contributed by atoms with van der Waals surface area (Å²) in [5, 5.41) is 38.7. The Morgan fingerprint density at radius 1 is 1.08 bits per heavy atom. The Labute approximate surface area is 150 Å². The summed E-state index contributed by atoms with van der Waals surface area (Å²) in [4.78, 5) is 1.64. The molecule has 0 saturated carbocycles. The van der Waals surface area contributed by atoms with Crippen LogP contribution in [0.2, 0.25) is 5.02 Å². The first-order valence-corrected chi connectivity index (χ1v) is 7.97. The monoisotopic (exact) mass is 351 g/mol. The number of rotatable bonds is 3. The molecule has 2 unspecified atom stereocenters. The van der Waals surface area contributed by atoms with E-state index in [0.717, 1.165) is 5.56 Å². The Kier molecular flexibility index (Phi) is 4.63. The van der Waals surface area contributed by atoms with Gasteiger partial charge in [0.25, 0.3) is 0 Å². The number of nitrogens with zero attached hydrogens (tertiary/aromatic N) is 3. The van der Waals surface area contributed by atoms with Crippen molar-refractivity contribution in [3.05, 3.63) is 76.0 Å². The number of aliphatic hydroxyl groups excluding tert-OH is 2. The number of anilines is 1. The highest BCUT2D eigenvalue weighted by Gasteiger charge is 2.34. The molecule has 1 aliphatic heterocycles. The van der Waals surface area contributed by atoms with Crippen LogP contribution in [-0.4, -0.2) is 22.5 Å². The van der Waals surface area contributed by atoms with E-state index >= 15 is 0 Å². The van der Waals surface area contributed by atoms with Crippen molar-refractivity contribution in [1.82, 2.24) is 0 Å². The summed E-state index contributed by atoms with van der Waals surface area (Å²) in [6, 6.07) is 15.5. The van der Waals surface area contributed by atoms with Gasteiger partial charge in [0.1, 0.15) is 18.1 Å². The van der Waals surface area contributed by atoms with Crippen LogP contribution in [0.3, 0.4) is 0 Å². The molecule has 2 atom stereocenters. The van der Waals surface area contributed by atoms with Crippen LogP contribution in [0.15, 0.2) is 54.3 Å². The largest absolute Gasteiger partial charge is 0.510 e. The van der Waals surface area contributed by atoms with E-state index in [-0.39, 0.29) is 10.8 Å². The van der Waals surface area contributed by atoms with E-state index in [1.54, 1.807) is 35.2 Å². The summed E-state index contributed by atoms with van der Waals surface area (Å²) < 4.78 is 0. The number of hydrogen-bond acceptors (Lipinski definition) is 5. The Balaban J connectivity index is 1.90. The van der Waals surface area contributed by atoms with Crippen molar-refractivity contribution < 1.29 is 10.2 Å². The quantitative estimate of drug-likeness (QED) is 0.885. The van der Waals surface area contributed by atoms with Gasteiger partial charge >= 0.3 is 0 Å². The predicted octanol–water partition coefficient (Wildman–Crippen LogP) is 3.27. The molecule has 0 bridgehead atoms. The van der Waals surface area contributed by atoms with Crippen LogP contribution >= 0.6 is 11.6 Å². The van der Waals surface area contributed by atoms with Crippen molar-refractivity contribution in [2.45, 2.75) is 18.7 Å². The zero-order valence-electron chi connectivity index (χ0n) is 13.1. The van der Waals surface area contributed by atoms with Gasteiger partial charge < -0.3 is 15.1 Å². The molecule has 0 aliphatic carbocycles. The highest BCUT2D eigenvalue weighted by atomic mass is 35.5. The minimum Gasteiger partial charge on any atom is -0.510 e. The van der Waals surface area contributed by atoms with Gasteiger partial charge in [-0.15, -0.1) is 0 Å². The fourth-order valence-electron chi connectivity index (χ4n) is 2.90. The lowest BCUT2D eigenvalue weighted by Gasteiger charge is -2.30. The number of halogens is 1. The second-order valence-electron chi connectivity index (χ2n) is 5.72. The van der Waals surface area contributed by atoms with Gasteiger partial charge in [0.2, 0.25) is 0 Å². The third-order valence-corrected chi connectivity index (χ3v) is 4.48. The number of nitriles is 2. The summed E-state index contributed by atoms with van der Waals surface area (Å²) >= 11 is 6.09. The first-order chi connectivity index (χ1) is 12.0. The maximum absolute atomic E-state index is 10.3. The van der Waals surface area contributed by atoms with E-state index in [9.17, 15) is 10.2 Å². The van der Waals surface area contributed by atoms with E-state index in [2.05, 4.69) is 6.07 Å². The van der Waals surface area contributed by atoms with Gasteiger partial charge in [-0.2, -0.15) is 10.5 Å². The molecule has 0 aromatic heterocycles. The maximum Gasteiger partial charge on any atom is 0.150 e. The zero-order valence-corrected chi connectivity index (χ0v) is 13.9. The molecule has 124 valence electrons. The molecular formula is C19H14ClN3O2. The van der Waals surface area contributed by atoms with E-state index in [4.69, 9.17) is 22.1 Å². The summed E-state index contributed by atoms with van der Waals surface area (Å²) in [5.74, 6) is 0.0670. The van der Waals surface area contributed by atoms with Crippen LogP contribution in [0.25, 0.3) is 0 Å². The summed E-state index contributed by atoms with van der Waals surface area (Å²) in [6.07, 6.45) is 0.829. The molecule has 0 amide bonds. The predicted molar refractivity (Wildman–Crippen MR) is 94.0 cm³/mol. The molecule has 6 heteroatoms. The fraction of sp³-hybridized carbons (Fsp3) is 0.158. The normalized spacial score (nSPS) is 19.2. The van der Waals surface area contributed by atoms with Gasteiger partial charge in [0.05, 0.1) is 28.3 Å². The van der Waals surface area contributed by atoms with Gasteiger partial charge in [-0.25, -0.2) is 0 Å². The van der Waals surface area contributed by atoms with Gasteiger partial charge in [-0.05, 0) is 35.9 Å². The molecule has 25 heavy (non-hydrogen) atoms. The van der Waals surface area contributed by atoms with Crippen molar-refractivity contribution in [1.29, 1.82) is 10.5 Å². The Hall–Kier alpha value is -2.99. The molecule has 2 N–H and O–H groups in total. The first kappa shape index (κ1) is 16.9. The lowest BCUT2D eigenvalue weighted by atomic mass is 10.0. The fourth-order valence-corrected chi connectivity index (χ4v) is 3.12. The topological polar surface area (TPSA) is 91.3 Å². The molecule has 2 aromatic carbocycles. The minimum atomic E-state index is -0.993. The van der Waals surface area contributed by atoms with Gasteiger partial charge in [-0.3, -0.25) is 0 Å². The van der Waals surface area contributed by atoms with Crippen LogP contribution in [0, 0.1) is 22.7 Å². The van der Waals surface area contributed by atoms with E-state index in [1.165, 1.54) is 6.08 Å². The molecule has 0 saturated heterocycles. The molecule has 0 fully saturated rings. The van der Waals surface area contributed by atoms with E-state index < -0.39 is 12.3 Å². The van der Waals surface area contributed by atoms with Crippen molar-refractivity contribution in [2.24, 2.45) is 0 Å². The minimum absolute atomic E-state index is 0.0670. The van der Waals surface area contributed by atoms with E-state index in [1.807, 2.05) is 18.2 Å². The number of benzene rings is 2. The van der Waals surface area contributed by atoms with Crippen molar-refractivity contribution >= 4 is 17.3 Å². The standard InChI is InChI=1S/C19H14ClN3O2/c20-16-8-15(6-5-14(16)11-22)23-17(18(24)9-19(23)25)7-12-1-3-13(10-21)4-2-12/h1-6,8-9,17,19,24-25H,7H2. The van der Waals surface area contributed by atoms with Crippen LogP contribution in [0.4, 0.5) is 5.69 Å². The molecule has 0 radical (unpaired) electrons. The average molecular weight is 352 g/mol. The van der Waals surface area contributed by atoms with Crippen LogP contribution in [0.1, 0.15) is 16.7 Å². The van der Waals surface area contributed by atoms with Crippen molar-refractivity contribution in [2.75, 3.05) is 4.90 Å². The van der Waals surface area contributed by atoms with Crippen LogP contribution in [0.5, 0.6) is 0 Å². The highest BCUT2D eigenvalue weighted by molar-refractivity contribution is 6.32. The molecule has 1 aliphatic rings. The molecule has 2 aromatic rings. The molecule has 0 spiro atoms. The lowest BCUT2D eigenvalue weighted by molar-refractivity contribution is 0.219. The summed E-state index contributed by atoms with van der Waals surface area (Å²) in [7, 11) is 0. The van der Waals surface area contributed by atoms with Gasteiger partial charge in [0.15, 0.2) is 0 Å². The number of aliphatic hydroxyl groups is 2. The maximum atomic E-state index is 10.3. The second kappa shape index (κ2) is 6.86. The van der Waals surface area contributed by atoms with Crippen molar-refractivity contribution in [3.8, 4) is 12.1 Å². The van der Waals surface area contributed by atoms with E-state index in [0.29, 0.717) is 23.2 Å². The Bertz CT molecular complexity index is 910. The summed E-state index contributed by atoms with van der Waals surface area (Å²) in [6.45, 7) is 0. The highest BCUT2D eigenvalue weighted by Crippen LogP contribution is 2.32. The zero-order chi connectivity index (χ0) is 18.0. The first-order valence-electron chi connectivity index (χ1n) is 7.59. The lowest BCUT2D eigenvalue weighted by Crippen LogP contribution is -2.39. The Morgan fingerprint density at radius 3 is 2.40 bits per heavy atom. The van der Waals surface area contributed by atoms with Crippen LogP contribution in [-0.2, 0) is 6.42 Å². The number of hydrogen-bond donors (Lipinski definition) is 2.